The van der Waals surface area contributed by atoms with Gasteiger partial charge in [0.15, 0.2) is 0 Å². The largest absolute Gasteiger partial charge is 0.271 e. The molecule has 0 aliphatic carbocycles. The molecule has 0 aliphatic rings. The summed E-state index contributed by atoms with van der Waals surface area (Å²) in [5.41, 5.74) is 0.593. The lowest BCUT2D eigenvalue weighted by Crippen LogP contribution is -2.27. The van der Waals surface area contributed by atoms with Gasteiger partial charge in [-0.3, -0.25) is 9.52 Å². The van der Waals surface area contributed by atoms with Crippen molar-refractivity contribution in [2.24, 2.45) is 0 Å². The van der Waals surface area contributed by atoms with Crippen molar-refractivity contribution < 1.29 is 13.4 Å². The highest BCUT2D eigenvalue weighted by atomic mass is 32.2. The van der Waals surface area contributed by atoms with Crippen LogP contribution in [0.1, 0.15) is 35.7 Å². The van der Waals surface area contributed by atoms with Crippen molar-refractivity contribution in [3.63, 3.8) is 0 Å². The molecule has 1 unspecified atom stereocenters. The second-order valence-electron chi connectivity index (χ2n) is 3.74. The second kappa shape index (κ2) is 5.21. The van der Waals surface area contributed by atoms with Gasteiger partial charge >= 0.3 is 0 Å². The Morgan fingerprint density at radius 2 is 2.06 bits per heavy atom. The lowest BCUT2D eigenvalue weighted by atomic mass is 9.96. The van der Waals surface area contributed by atoms with E-state index in [9.17, 15) is 13.4 Å². The third kappa shape index (κ3) is 2.88. The smallest absolute Gasteiger partial charge is 0.266 e. The Balaban J connectivity index is 3.19. The van der Waals surface area contributed by atoms with Crippen molar-refractivity contribution in [2.45, 2.75) is 19.8 Å². The van der Waals surface area contributed by atoms with Crippen molar-refractivity contribution in [1.29, 1.82) is 0 Å². The number of nitrogens with one attached hydrogen (secondary N) is 1. The molecule has 1 aromatic carbocycles. The molecule has 0 aromatic heterocycles. The van der Waals surface area contributed by atoms with Gasteiger partial charge < -0.3 is 0 Å². The van der Waals surface area contributed by atoms with Gasteiger partial charge in [0.1, 0.15) is 16.8 Å². The van der Waals surface area contributed by atoms with Gasteiger partial charge in [0.25, 0.3) is 5.91 Å². The molecular weight excluding hydrogens is 229 g/mol. The van der Waals surface area contributed by atoms with Gasteiger partial charge in [-0.05, 0) is 17.5 Å². The van der Waals surface area contributed by atoms with E-state index in [4.69, 9.17) is 0 Å². The Kier molecular flexibility index (Phi) is 4.18. The number of hydrogen-bond donors (Lipinski definition) is 1. The van der Waals surface area contributed by atoms with Crippen molar-refractivity contribution >= 4 is 16.9 Å². The van der Waals surface area contributed by atoms with E-state index in [1.165, 1.54) is 12.3 Å². The highest BCUT2D eigenvalue weighted by Crippen LogP contribution is 2.21. The van der Waals surface area contributed by atoms with E-state index in [0.29, 0.717) is 5.56 Å². The molecule has 0 bridgehead atoms. The van der Waals surface area contributed by atoms with E-state index in [-0.39, 0.29) is 11.5 Å². The lowest BCUT2D eigenvalue weighted by molar-refractivity contribution is 0.0978. The molecule has 1 atom stereocenters. The fourth-order valence-electron chi connectivity index (χ4n) is 1.44. The topological polar surface area (TPSA) is 46.2 Å². The molecule has 0 spiro atoms. The first kappa shape index (κ1) is 12.8. The van der Waals surface area contributed by atoms with Crippen LogP contribution >= 0.6 is 0 Å². The van der Waals surface area contributed by atoms with Crippen molar-refractivity contribution in [1.82, 2.24) is 4.72 Å². The summed E-state index contributed by atoms with van der Waals surface area (Å²) in [6.07, 6.45) is 1.33. The number of hydrogen-bond acceptors (Lipinski definition) is 2. The second-order valence-corrected chi connectivity index (χ2v) is 4.86. The van der Waals surface area contributed by atoms with Crippen LogP contribution < -0.4 is 4.72 Å². The first-order valence-corrected chi connectivity index (χ1v) is 6.42. The summed E-state index contributed by atoms with van der Waals surface area (Å²) in [6, 6.07) is 4.48. The monoisotopic (exact) mass is 243 g/mol. The van der Waals surface area contributed by atoms with E-state index in [2.05, 4.69) is 4.72 Å². The number of carbonyl (C=O) groups is 1. The van der Waals surface area contributed by atoms with Crippen LogP contribution in [0.15, 0.2) is 18.2 Å². The van der Waals surface area contributed by atoms with E-state index >= 15 is 0 Å². The van der Waals surface area contributed by atoms with E-state index in [0.717, 1.165) is 0 Å². The zero-order chi connectivity index (χ0) is 12.3. The Morgan fingerprint density at radius 1 is 1.44 bits per heavy atom. The molecule has 0 fully saturated rings. The van der Waals surface area contributed by atoms with Crippen LogP contribution in [0.2, 0.25) is 0 Å². The van der Waals surface area contributed by atoms with Crippen LogP contribution in [0.4, 0.5) is 4.39 Å². The molecule has 0 saturated heterocycles. The molecule has 1 amide bonds. The Labute approximate surface area is 96.6 Å². The summed E-state index contributed by atoms with van der Waals surface area (Å²) in [5.74, 6) is -1.20. The van der Waals surface area contributed by atoms with Gasteiger partial charge in [0.05, 0.1) is 5.56 Å². The van der Waals surface area contributed by atoms with Gasteiger partial charge in [0, 0.05) is 6.26 Å². The molecule has 16 heavy (non-hydrogen) atoms. The van der Waals surface area contributed by atoms with Gasteiger partial charge in [-0.15, -0.1) is 0 Å². The Morgan fingerprint density at radius 3 is 2.56 bits per heavy atom. The maximum atomic E-state index is 13.6. The van der Waals surface area contributed by atoms with E-state index in [1.807, 2.05) is 13.8 Å². The van der Waals surface area contributed by atoms with Crippen LogP contribution in [0.5, 0.6) is 0 Å². The molecule has 0 radical (unpaired) electrons. The first-order chi connectivity index (χ1) is 7.43. The van der Waals surface area contributed by atoms with E-state index in [1.54, 1.807) is 12.1 Å². The third-order valence-corrected chi connectivity index (χ3v) is 2.60. The Bertz CT molecular complexity index is 432. The van der Waals surface area contributed by atoms with Crippen LogP contribution in [0.3, 0.4) is 0 Å². The predicted molar refractivity (Wildman–Crippen MR) is 62.0 cm³/mol. The molecular formula is C11H14FNO2S. The fraction of sp³-hybridized carbons (Fsp3) is 0.364. The summed E-state index contributed by atoms with van der Waals surface area (Å²) in [6.45, 7) is 3.74. The summed E-state index contributed by atoms with van der Waals surface area (Å²) >= 11 is 0. The minimum atomic E-state index is -1.49. The maximum Gasteiger partial charge on any atom is 0.266 e. The average Bonchev–Trinajstić information content (AvgIpc) is 2.15. The van der Waals surface area contributed by atoms with Crippen LogP contribution in [-0.2, 0) is 11.0 Å². The zero-order valence-corrected chi connectivity index (χ0v) is 10.2. The fourth-order valence-corrected chi connectivity index (χ4v) is 1.81. The molecule has 0 saturated carbocycles. The van der Waals surface area contributed by atoms with Crippen molar-refractivity contribution in [3.8, 4) is 0 Å². The van der Waals surface area contributed by atoms with Gasteiger partial charge in [0.2, 0.25) is 0 Å². The molecule has 1 N–H and O–H groups in total. The summed E-state index contributed by atoms with van der Waals surface area (Å²) in [7, 11) is -1.49. The predicted octanol–water partition coefficient (Wildman–Crippen LogP) is 1.97. The first-order valence-electron chi connectivity index (χ1n) is 4.86. The van der Waals surface area contributed by atoms with Crippen molar-refractivity contribution in [3.05, 3.63) is 35.1 Å². The average molecular weight is 243 g/mol. The molecule has 88 valence electrons. The quantitative estimate of drug-likeness (QED) is 0.882. The van der Waals surface area contributed by atoms with Crippen LogP contribution in [-0.4, -0.2) is 16.4 Å². The number of halogens is 1. The number of carbonyl (C=O) groups excluding carboxylic acids is 1. The van der Waals surface area contributed by atoms with Gasteiger partial charge in [-0.25, -0.2) is 8.60 Å². The normalized spacial score (nSPS) is 12.6. The molecule has 0 heterocycles. The highest BCUT2D eigenvalue weighted by Gasteiger charge is 2.18. The Hall–Kier alpha value is -1.23. The van der Waals surface area contributed by atoms with Crippen molar-refractivity contribution in [2.75, 3.05) is 6.26 Å². The molecule has 1 aromatic rings. The molecule has 3 nitrogen and oxygen atoms in total. The summed E-state index contributed by atoms with van der Waals surface area (Å²) < 4.78 is 26.6. The van der Waals surface area contributed by atoms with Gasteiger partial charge in [-0.1, -0.05) is 26.0 Å². The third-order valence-electron chi connectivity index (χ3n) is 2.13. The van der Waals surface area contributed by atoms with Crippen LogP contribution in [0.25, 0.3) is 0 Å². The number of rotatable bonds is 3. The number of amides is 1. The molecule has 0 aliphatic heterocycles. The van der Waals surface area contributed by atoms with Gasteiger partial charge in [-0.2, -0.15) is 0 Å². The highest BCUT2D eigenvalue weighted by molar-refractivity contribution is 7.82. The van der Waals surface area contributed by atoms with Crippen LogP contribution in [0, 0.1) is 5.82 Å². The lowest BCUT2D eigenvalue weighted by Gasteiger charge is -2.12. The SMILES string of the molecule is CC(C)c1cccc(F)c1C(=O)NS(C)=O. The maximum absolute atomic E-state index is 13.6. The minimum absolute atomic E-state index is 0.0206. The number of benzene rings is 1. The zero-order valence-electron chi connectivity index (χ0n) is 9.41. The standard InChI is InChI=1S/C11H14FNO2S/c1-7(2)8-5-4-6-9(12)10(8)11(14)13-16(3)15/h4-7H,1-3H3,(H,13,14). The summed E-state index contributed by atoms with van der Waals surface area (Å²) in [4.78, 5) is 11.7. The van der Waals surface area contributed by atoms with E-state index < -0.39 is 22.7 Å². The minimum Gasteiger partial charge on any atom is -0.271 e. The summed E-state index contributed by atoms with van der Waals surface area (Å²) in [5, 5.41) is 0. The molecule has 1 rings (SSSR count). The molecule has 5 heteroatoms.